The van der Waals surface area contributed by atoms with E-state index in [0.29, 0.717) is 22.8 Å². The lowest BCUT2D eigenvalue weighted by Gasteiger charge is -2.25. The van der Waals surface area contributed by atoms with E-state index in [2.05, 4.69) is 10.6 Å². The standard InChI is InChI=1S/C23H22N2O4/c1-13-9-21(18-11-22(28-3)20(26)12-19(18)25-13)29-15-7-8-16-14(10-15)5-4-6-17(16)23(27)24-2/h4-13,25-26H,1-3H3,(H,24,27). The number of amides is 1. The van der Waals surface area contributed by atoms with Gasteiger partial charge in [-0.1, -0.05) is 12.1 Å². The molecule has 1 aliphatic rings. The third-order valence-electron chi connectivity index (χ3n) is 4.92. The van der Waals surface area contributed by atoms with Crippen LogP contribution in [0, 0.1) is 0 Å². The molecule has 3 aromatic rings. The fourth-order valence-corrected chi connectivity index (χ4v) is 3.53. The van der Waals surface area contributed by atoms with Crippen molar-refractivity contribution in [3.63, 3.8) is 0 Å². The maximum absolute atomic E-state index is 12.1. The number of phenolic OH excluding ortho intramolecular Hbond substituents is 1. The summed E-state index contributed by atoms with van der Waals surface area (Å²) < 4.78 is 11.5. The van der Waals surface area contributed by atoms with Crippen LogP contribution in [0.1, 0.15) is 22.8 Å². The van der Waals surface area contributed by atoms with E-state index in [-0.39, 0.29) is 17.7 Å². The quantitative estimate of drug-likeness (QED) is 0.624. The molecule has 6 heteroatoms. The van der Waals surface area contributed by atoms with E-state index in [1.165, 1.54) is 7.11 Å². The number of hydrogen-bond donors (Lipinski definition) is 3. The van der Waals surface area contributed by atoms with Gasteiger partial charge in [0.05, 0.1) is 7.11 Å². The Morgan fingerprint density at radius 3 is 2.76 bits per heavy atom. The lowest BCUT2D eigenvalue weighted by Crippen LogP contribution is -2.20. The van der Waals surface area contributed by atoms with Gasteiger partial charge in [-0.2, -0.15) is 0 Å². The molecule has 0 aliphatic carbocycles. The minimum Gasteiger partial charge on any atom is -0.504 e. The molecule has 0 spiro atoms. The average molecular weight is 390 g/mol. The molecule has 1 aliphatic heterocycles. The minimum atomic E-state index is -0.125. The van der Waals surface area contributed by atoms with Crippen LogP contribution in [0.25, 0.3) is 16.5 Å². The largest absolute Gasteiger partial charge is 0.504 e. The Balaban J connectivity index is 1.73. The molecule has 6 nitrogen and oxygen atoms in total. The smallest absolute Gasteiger partial charge is 0.251 e. The van der Waals surface area contributed by atoms with Gasteiger partial charge in [0.15, 0.2) is 11.5 Å². The monoisotopic (exact) mass is 390 g/mol. The van der Waals surface area contributed by atoms with Gasteiger partial charge in [0.2, 0.25) is 0 Å². The third-order valence-corrected chi connectivity index (χ3v) is 4.92. The number of nitrogens with one attached hydrogen (secondary N) is 2. The Kier molecular flexibility index (Phi) is 4.76. The minimum absolute atomic E-state index is 0.0330. The Morgan fingerprint density at radius 1 is 1.17 bits per heavy atom. The number of hydrogen-bond acceptors (Lipinski definition) is 5. The summed E-state index contributed by atoms with van der Waals surface area (Å²) >= 11 is 0. The zero-order chi connectivity index (χ0) is 20.5. The fourth-order valence-electron chi connectivity index (χ4n) is 3.53. The topological polar surface area (TPSA) is 79.8 Å². The molecule has 148 valence electrons. The molecule has 1 heterocycles. The van der Waals surface area contributed by atoms with Gasteiger partial charge in [-0.15, -0.1) is 0 Å². The van der Waals surface area contributed by atoms with E-state index in [4.69, 9.17) is 9.47 Å². The number of carbonyl (C=O) groups is 1. The molecule has 0 fully saturated rings. The fraction of sp³-hybridized carbons (Fsp3) is 0.174. The summed E-state index contributed by atoms with van der Waals surface area (Å²) in [6.07, 6.45) is 1.98. The van der Waals surface area contributed by atoms with Crippen molar-refractivity contribution in [2.45, 2.75) is 13.0 Å². The van der Waals surface area contributed by atoms with Gasteiger partial charge in [-0.3, -0.25) is 4.79 Å². The van der Waals surface area contributed by atoms with E-state index in [1.54, 1.807) is 25.2 Å². The van der Waals surface area contributed by atoms with E-state index < -0.39 is 0 Å². The molecule has 1 amide bonds. The molecular formula is C23H22N2O4. The average Bonchev–Trinajstić information content (AvgIpc) is 2.72. The third kappa shape index (κ3) is 3.45. The first-order valence-corrected chi connectivity index (χ1v) is 9.32. The summed E-state index contributed by atoms with van der Waals surface area (Å²) in [6.45, 7) is 2.00. The van der Waals surface area contributed by atoms with E-state index in [0.717, 1.165) is 22.0 Å². The summed E-state index contributed by atoms with van der Waals surface area (Å²) in [4.78, 5) is 12.1. The SMILES string of the molecule is CNC(=O)c1cccc2cc(OC3=CC(C)Nc4cc(O)c(OC)cc43)ccc12. The molecule has 0 bridgehead atoms. The van der Waals surface area contributed by atoms with Crippen molar-refractivity contribution in [1.82, 2.24) is 5.32 Å². The summed E-state index contributed by atoms with van der Waals surface area (Å²) in [5.41, 5.74) is 2.20. The van der Waals surface area contributed by atoms with Gasteiger partial charge >= 0.3 is 0 Å². The van der Waals surface area contributed by atoms with Gasteiger partial charge in [-0.05, 0) is 54.1 Å². The zero-order valence-electron chi connectivity index (χ0n) is 16.4. The highest BCUT2D eigenvalue weighted by molar-refractivity contribution is 6.07. The van der Waals surface area contributed by atoms with Crippen molar-refractivity contribution in [3.05, 3.63) is 65.7 Å². The molecule has 1 unspecified atom stereocenters. The number of anilines is 1. The molecule has 3 aromatic carbocycles. The van der Waals surface area contributed by atoms with Crippen molar-refractivity contribution < 1.29 is 19.4 Å². The Labute approximate surface area is 168 Å². The van der Waals surface area contributed by atoms with Crippen LogP contribution in [0.3, 0.4) is 0 Å². The molecule has 0 saturated heterocycles. The van der Waals surface area contributed by atoms with Crippen molar-refractivity contribution in [1.29, 1.82) is 0 Å². The summed E-state index contributed by atoms with van der Waals surface area (Å²) in [6, 6.07) is 14.7. The second-order valence-corrected chi connectivity index (χ2v) is 6.90. The molecule has 0 aromatic heterocycles. The number of carbonyl (C=O) groups excluding carboxylic acids is 1. The van der Waals surface area contributed by atoms with Crippen LogP contribution >= 0.6 is 0 Å². The number of fused-ring (bicyclic) bond motifs is 2. The van der Waals surface area contributed by atoms with E-state index in [9.17, 15) is 9.90 Å². The highest BCUT2D eigenvalue weighted by atomic mass is 16.5. The highest BCUT2D eigenvalue weighted by Crippen LogP contribution is 2.39. The normalized spacial score (nSPS) is 15.1. The van der Waals surface area contributed by atoms with Gasteiger partial charge in [0, 0.05) is 36.0 Å². The van der Waals surface area contributed by atoms with Crippen molar-refractivity contribution >= 4 is 28.1 Å². The predicted octanol–water partition coefficient (Wildman–Crippen LogP) is 4.15. The van der Waals surface area contributed by atoms with Crippen molar-refractivity contribution in [2.75, 3.05) is 19.5 Å². The number of methoxy groups -OCH3 is 1. The zero-order valence-corrected chi connectivity index (χ0v) is 16.4. The van der Waals surface area contributed by atoms with Crippen LogP contribution in [0.15, 0.2) is 54.6 Å². The van der Waals surface area contributed by atoms with Crippen LogP contribution in [-0.2, 0) is 0 Å². The Morgan fingerprint density at radius 2 is 2.00 bits per heavy atom. The van der Waals surface area contributed by atoms with Crippen LogP contribution in [0.5, 0.6) is 17.2 Å². The van der Waals surface area contributed by atoms with E-state index >= 15 is 0 Å². The van der Waals surface area contributed by atoms with E-state index in [1.807, 2.05) is 43.3 Å². The Hall–Kier alpha value is -3.67. The number of phenols is 1. The van der Waals surface area contributed by atoms with Gasteiger partial charge in [0.1, 0.15) is 11.5 Å². The second-order valence-electron chi connectivity index (χ2n) is 6.90. The summed E-state index contributed by atoms with van der Waals surface area (Å²) in [5.74, 6) is 1.65. The number of aromatic hydroxyl groups is 1. The molecule has 0 saturated carbocycles. The molecule has 3 N–H and O–H groups in total. The Bertz CT molecular complexity index is 1140. The van der Waals surface area contributed by atoms with Gasteiger partial charge in [-0.25, -0.2) is 0 Å². The molecule has 4 rings (SSSR count). The highest BCUT2D eigenvalue weighted by Gasteiger charge is 2.21. The van der Waals surface area contributed by atoms with Crippen LogP contribution in [0.2, 0.25) is 0 Å². The number of ether oxygens (including phenoxy) is 2. The summed E-state index contributed by atoms with van der Waals surface area (Å²) in [5, 5.41) is 17.8. The van der Waals surface area contributed by atoms with Gasteiger partial charge in [0.25, 0.3) is 5.91 Å². The van der Waals surface area contributed by atoms with Gasteiger partial charge < -0.3 is 25.2 Å². The van der Waals surface area contributed by atoms with Crippen LogP contribution in [0.4, 0.5) is 5.69 Å². The van der Waals surface area contributed by atoms with Crippen LogP contribution < -0.4 is 20.1 Å². The molecular weight excluding hydrogens is 368 g/mol. The molecule has 29 heavy (non-hydrogen) atoms. The maximum Gasteiger partial charge on any atom is 0.251 e. The maximum atomic E-state index is 12.1. The first kappa shape index (κ1) is 18.7. The van der Waals surface area contributed by atoms with Crippen molar-refractivity contribution in [3.8, 4) is 17.2 Å². The predicted molar refractivity (Wildman–Crippen MR) is 114 cm³/mol. The molecule has 0 radical (unpaired) electrons. The number of benzene rings is 3. The summed E-state index contributed by atoms with van der Waals surface area (Å²) in [7, 11) is 3.13. The molecule has 1 atom stereocenters. The first-order chi connectivity index (χ1) is 14.0. The first-order valence-electron chi connectivity index (χ1n) is 9.32. The number of rotatable bonds is 4. The second kappa shape index (κ2) is 7.39. The lowest BCUT2D eigenvalue weighted by atomic mass is 10.0. The lowest BCUT2D eigenvalue weighted by molar-refractivity contribution is 0.0964. The van der Waals surface area contributed by atoms with Crippen LogP contribution in [-0.4, -0.2) is 31.2 Å². The van der Waals surface area contributed by atoms with Crippen molar-refractivity contribution in [2.24, 2.45) is 0 Å².